The SMILES string of the molecule is COc1cccc2c1O[C@@]1(C)C[C@H]2[C@@H](S(=O)(=O)c2ccc(C(C)(C)C)cc2)C(=O)N1C. The quantitative estimate of drug-likeness (QED) is 0.720. The van der Waals surface area contributed by atoms with Crippen LogP contribution < -0.4 is 9.47 Å². The molecular weight excluding hydrogens is 414 g/mol. The molecule has 0 spiro atoms. The summed E-state index contributed by atoms with van der Waals surface area (Å²) >= 11 is 0. The largest absolute Gasteiger partial charge is 0.493 e. The van der Waals surface area contributed by atoms with Crippen molar-refractivity contribution >= 4 is 15.7 Å². The van der Waals surface area contributed by atoms with Crippen LogP contribution in [0.1, 0.15) is 51.2 Å². The van der Waals surface area contributed by atoms with Crippen molar-refractivity contribution in [2.24, 2.45) is 0 Å². The lowest BCUT2D eigenvalue weighted by atomic mass is 9.80. The topological polar surface area (TPSA) is 72.9 Å². The van der Waals surface area contributed by atoms with E-state index in [-0.39, 0.29) is 10.3 Å². The normalized spacial score (nSPS) is 25.6. The average molecular weight is 444 g/mol. The molecule has 2 aromatic carbocycles. The van der Waals surface area contributed by atoms with Crippen LogP contribution in [-0.4, -0.2) is 44.4 Å². The summed E-state index contributed by atoms with van der Waals surface area (Å²) in [5.41, 5.74) is 0.692. The molecule has 1 fully saturated rings. The summed E-state index contributed by atoms with van der Waals surface area (Å²) < 4.78 is 39.2. The van der Waals surface area contributed by atoms with Crippen molar-refractivity contribution in [2.45, 2.75) is 61.3 Å². The third-order valence-electron chi connectivity index (χ3n) is 6.58. The van der Waals surface area contributed by atoms with E-state index >= 15 is 0 Å². The highest BCUT2D eigenvalue weighted by Gasteiger charge is 2.57. The van der Waals surface area contributed by atoms with E-state index in [2.05, 4.69) is 20.8 Å². The zero-order chi connectivity index (χ0) is 22.8. The maximum absolute atomic E-state index is 13.8. The van der Waals surface area contributed by atoms with Gasteiger partial charge in [-0.15, -0.1) is 0 Å². The lowest BCUT2D eigenvalue weighted by Gasteiger charge is -2.51. The van der Waals surface area contributed by atoms with Gasteiger partial charge in [0.25, 0.3) is 0 Å². The first-order chi connectivity index (χ1) is 14.4. The Kier molecular flexibility index (Phi) is 4.89. The van der Waals surface area contributed by atoms with Crippen LogP contribution in [0.15, 0.2) is 47.4 Å². The molecule has 31 heavy (non-hydrogen) atoms. The molecule has 4 rings (SSSR count). The van der Waals surface area contributed by atoms with Gasteiger partial charge in [-0.25, -0.2) is 8.42 Å². The Labute approximate surface area is 184 Å². The van der Waals surface area contributed by atoms with Gasteiger partial charge in [0.2, 0.25) is 5.91 Å². The number of sulfone groups is 1. The molecule has 6 nitrogen and oxygen atoms in total. The summed E-state index contributed by atoms with van der Waals surface area (Å²) in [5.74, 6) is 0.0557. The van der Waals surface area contributed by atoms with Gasteiger partial charge in [-0.3, -0.25) is 4.79 Å². The van der Waals surface area contributed by atoms with Gasteiger partial charge < -0.3 is 14.4 Å². The van der Waals surface area contributed by atoms with Crippen LogP contribution in [0.25, 0.3) is 0 Å². The van der Waals surface area contributed by atoms with Crippen molar-refractivity contribution in [3.63, 3.8) is 0 Å². The molecule has 3 atom stereocenters. The number of piperidine rings is 1. The van der Waals surface area contributed by atoms with Crippen molar-refractivity contribution < 1.29 is 22.7 Å². The van der Waals surface area contributed by atoms with Gasteiger partial charge >= 0.3 is 0 Å². The number of benzene rings is 2. The van der Waals surface area contributed by atoms with Crippen LogP contribution in [0.4, 0.5) is 0 Å². The molecule has 2 aliphatic rings. The van der Waals surface area contributed by atoms with Crippen LogP contribution in [0, 0.1) is 0 Å². The van der Waals surface area contributed by atoms with Crippen molar-refractivity contribution in [1.82, 2.24) is 4.90 Å². The molecule has 0 N–H and O–H groups in total. The first kappa shape index (κ1) is 21.7. The Morgan fingerprint density at radius 3 is 2.35 bits per heavy atom. The number of methoxy groups -OCH3 is 1. The van der Waals surface area contributed by atoms with Crippen molar-refractivity contribution in [3.05, 3.63) is 53.6 Å². The van der Waals surface area contributed by atoms with E-state index in [9.17, 15) is 13.2 Å². The fraction of sp³-hybridized carbons (Fsp3) is 0.458. The van der Waals surface area contributed by atoms with E-state index in [1.165, 1.54) is 4.90 Å². The van der Waals surface area contributed by atoms with Crippen LogP contribution >= 0.6 is 0 Å². The Bertz CT molecular complexity index is 1130. The first-order valence-corrected chi connectivity index (χ1v) is 11.9. The van der Waals surface area contributed by atoms with E-state index in [0.717, 1.165) is 5.56 Å². The number of likely N-dealkylation sites (tertiary alicyclic amines) is 1. The zero-order valence-corrected chi connectivity index (χ0v) is 19.6. The minimum atomic E-state index is -3.93. The summed E-state index contributed by atoms with van der Waals surface area (Å²) in [5, 5.41) is -1.22. The molecule has 0 aromatic heterocycles. The smallest absolute Gasteiger partial charge is 0.244 e. The van der Waals surface area contributed by atoms with Gasteiger partial charge in [0.15, 0.2) is 32.3 Å². The number of amides is 1. The Morgan fingerprint density at radius 2 is 1.77 bits per heavy atom. The van der Waals surface area contributed by atoms with E-state index in [0.29, 0.717) is 23.5 Å². The molecule has 0 aliphatic carbocycles. The van der Waals surface area contributed by atoms with Crippen molar-refractivity contribution in [1.29, 1.82) is 0 Å². The maximum Gasteiger partial charge on any atom is 0.244 e. The first-order valence-electron chi connectivity index (χ1n) is 10.4. The number of ether oxygens (including phenoxy) is 2. The molecule has 2 aromatic rings. The highest BCUT2D eigenvalue weighted by atomic mass is 32.2. The summed E-state index contributed by atoms with van der Waals surface area (Å²) in [6, 6.07) is 12.3. The molecule has 0 saturated carbocycles. The predicted octanol–water partition coefficient (Wildman–Crippen LogP) is 3.89. The zero-order valence-electron chi connectivity index (χ0n) is 18.8. The monoisotopic (exact) mass is 443 g/mol. The molecule has 2 bridgehead atoms. The molecule has 2 aliphatic heterocycles. The number of para-hydroxylation sites is 1. The number of rotatable bonds is 3. The molecule has 1 amide bonds. The predicted molar refractivity (Wildman–Crippen MR) is 118 cm³/mol. The molecule has 2 heterocycles. The minimum absolute atomic E-state index is 0.0960. The number of carbonyl (C=O) groups is 1. The van der Waals surface area contributed by atoms with E-state index in [1.807, 2.05) is 25.1 Å². The third kappa shape index (κ3) is 3.30. The van der Waals surface area contributed by atoms with Crippen LogP contribution in [0.5, 0.6) is 11.5 Å². The van der Waals surface area contributed by atoms with Crippen molar-refractivity contribution in [2.75, 3.05) is 14.2 Å². The number of fused-ring (bicyclic) bond motifs is 4. The Morgan fingerprint density at radius 1 is 1.13 bits per heavy atom. The minimum Gasteiger partial charge on any atom is -0.493 e. The summed E-state index contributed by atoms with van der Waals surface area (Å²) in [4.78, 5) is 15.0. The van der Waals surface area contributed by atoms with Crippen LogP contribution in [-0.2, 0) is 20.0 Å². The van der Waals surface area contributed by atoms with Gasteiger partial charge in [-0.2, -0.15) is 0 Å². The molecule has 1 saturated heterocycles. The number of hydrogen-bond donors (Lipinski definition) is 0. The second-order valence-electron chi connectivity index (χ2n) is 9.60. The highest BCUT2D eigenvalue weighted by molar-refractivity contribution is 7.92. The molecule has 7 heteroatoms. The van der Waals surface area contributed by atoms with Gasteiger partial charge in [0.1, 0.15) is 0 Å². The Balaban J connectivity index is 1.85. The fourth-order valence-corrected chi connectivity index (χ4v) is 6.49. The number of carbonyl (C=O) groups excluding carboxylic acids is 1. The average Bonchev–Trinajstić information content (AvgIpc) is 2.71. The highest BCUT2D eigenvalue weighted by Crippen LogP contribution is 2.52. The molecule has 166 valence electrons. The molecule has 0 radical (unpaired) electrons. The van der Waals surface area contributed by atoms with Crippen LogP contribution in [0.3, 0.4) is 0 Å². The van der Waals surface area contributed by atoms with Crippen LogP contribution in [0.2, 0.25) is 0 Å². The second kappa shape index (κ2) is 6.99. The van der Waals surface area contributed by atoms with Gasteiger partial charge in [-0.05, 0) is 36.1 Å². The lowest BCUT2D eigenvalue weighted by molar-refractivity contribution is -0.160. The summed E-state index contributed by atoms with van der Waals surface area (Å²) in [6.45, 7) is 8.03. The number of hydrogen-bond acceptors (Lipinski definition) is 5. The fourth-order valence-electron chi connectivity index (χ4n) is 4.59. The summed E-state index contributed by atoms with van der Waals surface area (Å²) in [6.07, 6.45) is 0.388. The standard InChI is InChI=1S/C24H29NO5S/c1-23(2,3)15-10-12-16(13-11-15)31(27,28)21-18-14-24(4,25(5)22(21)26)30-20-17(18)8-7-9-19(20)29-6/h7-13,18,21H,14H2,1-6H3/t18-,21-,24+/m1/s1. The van der Waals surface area contributed by atoms with Gasteiger partial charge in [0, 0.05) is 24.9 Å². The van der Waals surface area contributed by atoms with Gasteiger partial charge in [-0.1, -0.05) is 45.0 Å². The van der Waals surface area contributed by atoms with Crippen molar-refractivity contribution in [3.8, 4) is 11.5 Å². The number of nitrogens with zero attached hydrogens (tertiary/aromatic N) is 1. The Hall–Kier alpha value is -2.54. The van der Waals surface area contributed by atoms with E-state index < -0.39 is 32.6 Å². The van der Waals surface area contributed by atoms with E-state index in [4.69, 9.17) is 9.47 Å². The third-order valence-corrected chi connectivity index (χ3v) is 8.71. The van der Waals surface area contributed by atoms with E-state index in [1.54, 1.807) is 38.4 Å². The molecule has 0 unspecified atom stereocenters. The lowest BCUT2D eigenvalue weighted by Crippen LogP contribution is -2.64. The maximum atomic E-state index is 13.8. The summed E-state index contributed by atoms with van der Waals surface area (Å²) in [7, 11) is -0.785. The second-order valence-corrected chi connectivity index (χ2v) is 11.7. The molecular formula is C24H29NO5S. The van der Waals surface area contributed by atoms with Gasteiger partial charge in [0.05, 0.1) is 12.0 Å².